The minimum absolute atomic E-state index is 0.0509. The van der Waals surface area contributed by atoms with Crippen LogP contribution in [-0.4, -0.2) is 82.3 Å². The first kappa shape index (κ1) is 22.2. The standard InChI is InChI=1S/C21H33N2O6P/c1-22(2)15-11-21-9-8-19(29-30(25,26)27)17(12-21)20(24)18(23(21)13-15)10-14-4-6-16(28-3)7-5-14/h4-7,15,17-20,24H,8-13H2,1-3H3,(H2,25,26,27)/t15-,17?,18?,19+,20+,21+/m0/s1. The molecule has 4 rings (SSSR count). The molecule has 0 aromatic heterocycles. The summed E-state index contributed by atoms with van der Waals surface area (Å²) in [5.74, 6) is 0.507. The Bertz CT molecular complexity index is 799. The van der Waals surface area contributed by atoms with E-state index in [1.807, 2.05) is 24.3 Å². The zero-order valence-electron chi connectivity index (χ0n) is 17.8. The highest BCUT2D eigenvalue weighted by molar-refractivity contribution is 7.46. The van der Waals surface area contributed by atoms with E-state index in [1.165, 1.54) is 0 Å². The van der Waals surface area contributed by atoms with Gasteiger partial charge in [-0.2, -0.15) is 0 Å². The van der Waals surface area contributed by atoms with E-state index < -0.39 is 20.0 Å². The van der Waals surface area contributed by atoms with Gasteiger partial charge in [0.25, 0.3) is 0 Å². The lowest BCUT2D eigenvalue weighted by Gasteiger charge is -2.57. The number of aliphatic hydroxyl groups is 1. The van der Waals surface area contributed by atoms with Crippen molar-refractivity contribution < 1.29 is 28.7 Å². The van der Waals surface area contributed by atoms with E-state index in [0.29, 0.717) is 25.3 Å². The number of benzene rings is 1. The Kier molecular flexibility index (Phi) is 6.05. The highest BCUT2D eigenvalue weighted by Crippen LogP contribution is 2.54. The van der Waals surface area contributed by atoms with E-state index >= 15 is 0 Å². The minimum atomic E-state index is -4.61. The molecule has 8 nitrogen and oxygen atoms in total. The second kappa shape index (κ2) is 8.17. The summed E-state index contributed by atoms with van der Waals surface area (Å²) in [6.07, 6.45) is 2.44. The second-order valence-corrected chi connectivity index (χ2v) is 10.5. The van der Waals surface area contributed by atoms with E-state index in [9.17, 15) is 19.5 Å². The zero-order chi connectivity index (χ0) is 21.7. The molecule has 2 bridgehead atoms. The summed E-state index contributed by atoms with van der Waals surface area (Å²) in [7, 11) is 1.21. The number of phosphoric acid groups is 1. The number of aliphatic hydroxyl groups excluding tert-OH is 1. The number of ether oxygens (including phenoxy) is 1. The van der Waals surface area contributed by atoms with Crippen LogP contribution in [0.3, 0.4) is 0 Å². The van der Waals surface area contributed by atoms with Gasteiger partial charge >= 0.3 is 7.82 Å². The van der Waals surface area contributed by atoms with Gasteiger partial charge in [0, 0.05) is 30.1 Å². The molecule has 3 fully saturated rings. The molecule has 3 N–H and O–H groups in total. The van der Waals surface area contributed by atoms with E-state index in [2.05, 4.69) is 23.9 Å². The van der Waals surface area contributed by atoms with E-state index in [0.717, 1.165) is 30.7 Å². The van der Waals surface area contributed by atoms with Crippen molar-refractivity contribution in [3.8, 4) is 5.75 Å². The van der Waals surface area contributed by atoms with Crippen LogP contribution in [0.4, 0.5) is 0 Å². The highest BCUT2D eigenvalue weighted by atomic mass is 31.2. The third kappa shape index (κ3) is 4.19. The number of phosphoric ester groups is 1. The first-order valence-electron chi connectivity index (χ1n) is 10.6. The fourth-order valence-electron chi connectivity index (χ4n) is 5.97. The van der Waals surface area contributed by atoms with Crippen molar-refractivity contribution >= 4 is 7.82 Å². The summed E-state index contributed by atoms with van der Waals surface area (Å²) in [6, 6.07) is 8.16. The van der Waals surface area contributed by atoms with Crippen molar-refractivity contribution in [2.75, 3.05) is 27.7 Å². The molecule has 1 aliphatic carbocycles. The maximum absolute atomic E-state index is 11.5. The van der Waals surface area contributed by atoms with Gasteiger partial charge in [-0.15, -0.1) is 0 Å². The summed E-state index contributed by atoms with van der Waals surface area (Å²) in [6.45, 7) is 0.890. The molecule has 2 unspecified atom stereocenters. The highest BCUT2D eigenvalue weighted by Gasteiger charge is 2.60. The molecule has 3 aliphatic rings. The Morgan fingerprint density at radius 2 is 1.93 bits per heavy atom. The Morgan fingerprint density at radius 3 is 2.53 bits per heavy atom. The minimum Gasteiger partial charge on any atom is -0.497 e. The molecule has 2 aliphatic heterocycles. The lowest BCUT2D eigenvalue weighted by atomic mass is 9.65. The average molecular weight is 440 g/mol. The lowest BCUT2D eigenvalue weighted by Crippen LogP contribution is -2.66. The Hall–Kier alpha value is -0.990. The molecule has 2 saturated heterocycles. The van der Waals surface area contributed by atoms with Gasteiger partial charge in [-0.1, -0.05) is 12.1 Å². The first-order chi connectivity index (χ1) is 14.1. The Labute approximate surface area is 178 Å². The predicted molar refractivity (Wildman–Crippen MR) is 112 cm³/mol. The molecule has 9 heteroatoms. The molecule has 0 radical (unpaired) electrons. The van der Waals surface area contributed by atoms with Gasteiger partial charge in [-0.25, -0.2) is 4.57 Å². The maximum Gasteiger partial charge on any atom is 0.469 e. The summed E-state index contributed by atoms with van der Waals surface area (Å²) < 4.78 is 21.9. The van der Waals surface area contributed by atoms with Crippen molar-refractivity contribution in [1.29, 1.82) is 0 Å². The van der Waals surface area contributed by atoms with Crippen LogP contribution in [0.15, 0.2) is 24.3 Å². The second-order valence-electron chi connectivity index (χ2n) is 9.35. The van der Waals surface area contributed by atoms with Crippen LogP contribution in [0.25, 0.3) is 0 Å². The van der Waals surface area contributed by atoms with Gasteiger partial charge in [0.1, 0.15) is 5.75 Å². The van der Waals surface area contributed by atoms with Crippen LogP contribution >= 0.6 is 7.82 Å². The van der Waals surface area contributed by atoms with Crippen LogP contribution in [0.5, 0.6) is 5.75 Å². The molecular formula is C21H33N2O6P. The Morgan fingerprint density at radius 1 is 1.23 bits per heavy atom. The van der Waals surface area contributed by atoms with Crippen LogP contribution < -0.4 is 4.74 Å². The van der Waals surface area contributed by atoms with Gasteiger partial charge in [0.15, 0.2) is 0 Å². The molecule has 0 amide bonds. The first-order valence-corrected chi connectivity index (χ1v) is 12.1. The van der Waals surface area contributed by atoms with Crippen molar-refractivity contribution in [3.63, 3.8) is 0 Å². The van der Waals surface area contributed by atoms with Crippen LogP contribution in [0.2, 0.25) is 0 Å². The number of methoxy groups -OCH3 is 1. The van der Waals surface area contributed by atoms with E-state index in [4.69, 9.17) is 9.26 Å². The normalized spacial score (nSPS) is 36.7. The largest absolute Gasteiger partial charge is 0.497 e. The summed E-state index contributed by atoms with van der Waals surface area (Å²) in [4.78, 5) is 23.5. The average Bonchev–Trinajstić information content (AvgIpc) is 3.06. The van der Waals surface area contributed by atoms with E-state index in [-0.39, 0.29) is 17.5 Å². The molecule has 30 heavy (non-hydrogen) atoms. The molecule has 2 heterocycles. The van der Waals surface area contributed by atoms with Crippen LogP contribution in [0.1, 0.15) is 31.2 Å². The smallest absolute Gasteiger partial charge is 0.469 e. The van der Waals surface area contributed by atoms with Gasteiger partial charge in [0.05, 0.1) is 19.3 Å². The fourth-order valence-corrected chi connectivity index (χ4v) is 6.58. The van der Waals surface area contributed by atoms with Gasteiger partial charge < -0.3 is 24.5 Å². The fraction of sp³-hybridized carbons (Fsp3) is 0.714. The number of nitrogens with zero attached hydrogens (tertiary/aromatic N) is 2. The molecule has 1 aromatic carbocycles. The third-order valence-electron chi connectivity index (χ3n) is 7.46. The maximum atomic E-state index is 11.5. The molecule has 1 spiro atoms. The van der Waals surface area contributed by atoms with Gasteiger partial charge in [-0.3, -0.25) is 9.42 Å². The van der Waals surface area contributed by atoms with Gasteiger partial charge in [-0.05, 0) is 63.9 Å². The summed E-state index contributed by atoms with van der Waals surface area (Å²) >= 11 is 0. The van der Waals surface area contributed by atoms with Crippen molar-refractivity contribution in [2.45, 2.75) is 61.9 Å². The van der Waals surface area contributed by atoms with Crippen molar-refractivity contribution in [1.82, 2.24) is 9.80 Å². The predicted octanol–water partition coefficient (Wildman–Crippen LogP) is 1.63. The van der Waals surface area contributed by atoms with E-state index in [1.54, 1.807) is 7.11 Å². The van der Waals surface area contributed by atoms with Crippen molar-refractivity contribution in [2.24, 2.45) is 5.92 Å². The lowest BCUT2D eigenvalue weighted by molar-refractivity contribution is -0.144. The quantitative estimate of drug-likeness (QED) is 0.574. The number of likely N-dealkylation sites (N-methyl/N-ethyl adjacent to an activating group) is 1. The SMILES string of the molecule is COc1ccc(CC2[C@H](O)C3C[C@@]4(CC[C@H]3OP(=O)(O)O)C[C@H](N(C)C)CN24)cc1. The number of rotatable bonds is 6. The summed E-state index contributed by atoms with van der Waals surface area (Å²) in [5, 5.41) is 11.4. The van der Waals surface area contributed by atoms with Gasteiger partial charge in [0.2, 0.25) is 0 Å². The topological polar surface area (TPSA) is 103 Å². The van der Waals surface area contributed by atoms with Crippen molar-refractivity contribution in [3.05, 3.63) is 29.8 Å². The summed E-state index contributed by atoms with van der Waals surface area (Å²) in [5.41, 5.74) is 1.06. The number of hydrogen-bond donors (Lipinski definition) is 3. The zero-order valence-corrected chi connectivity index (χ0v) is 18.7. The molecule has 168 valence electrons. The number of piperidine rings is 1. The molecular weight excluding hydrogens is 407 g/mol. The third-order valence-corrected chi connectivity index (χ3v) is 8.01. The Balaban J connectivity index is 1.64. The molecule has 1 aromatic rings. The van der Waals surface area contributed by atoms with Crippen LogP contribution in [-0.2, 0) is 15.5 Å². The van der Waals surface area contributed by atoms with Crippen LogP contribution in [0, 0.1) is 5.92 Å². The number of hydrogen-bond acceptors (Lipinski definition) is 6. The monoisotopic (exact) mass is 440 g/mol. The molecule has 6 atom stereocenters. The number of fused-ring (bicyclic) bond motifs is 1. The molecule has 1 saturated carbocycles.